The normalized spacial score (nSPS) is 11.5. The number of nitrogens with zero attached hydrogens (tertiary/aromatic N) is 1. The standard InChI is InChI=1S/C9H11FN2S/c1-11-9(13-2)12-8-5-3-7(10)4-6-8/h3-6H,1-2H3,(H,11,12). The van der Waals surface area contributed by atoms with Gasteiger partial charge in [0.25, 0.3) is 0 Å². The van der Waals surface area contributed by atoms with E-state index < -0.39 is 0 Å². The summed E-state index contributed by atoms with van der Waals surface area (Å²) in [6, 6.07) is 6.18. The Morgan fingerprint density at radius 3 is 2.46 bits per heavy atom. The third kappa shape index (κ3) is 3.06. The van der Waals surface area contributed by atoms with Crippen molar-refractivity contribution < 1.29 is 4.39 Å². The van der Waals surface area contributed by atoms with Crippen molar-refractivity contribution in [1.82, 2.24) is 0 Å². The molecule has 0 fully saturated rings. The van der Waals surface area contributed by atoms with Gasteiger partial charge in [-0.1, -0.05) is 11.8 Å². The van der Waals surface area contributed by atoms with Crippen molar-refractivity contribution in [2.45, 2.75) is 0 Å². The second kappa shape index (κ2) is 4.87. The van der Waals surface area contributed by atoms with Gasteiger partial charge in [-0.25, -0.2) is 4.39 Å². The number of nitrogens with one attached hydrogen (secondary N) is 1. The zero-order valence-electron chi connectivity index (χ0n) is 7.54. The summed E-state index contributed by atoms with van der Waals surface area (Å²) in [6.45, 7) is 0. The molecule has 0 saturated carbocycles. The summed E-state index contributed by atoms with van der Waals surface area (Å²) in [7, 11) is 1.71. The maximum atomic E-state index is 12.5. The minimum Gasteiger partial charge on any atom is -0.335 e. The molecule has 1 aromatic rings. The first-order valence-electron chi connectivity index (χ1n) is 3.79. The average Bonchev–Trinajstić information content (AvgIpc) is 2.17. The summed E-state index contributed by atoms with van der Waals surface area (Å²) in [4.78, 5) is 4.00. The molecule has 1 N–H and O–H groups in total. The SMILES string of the molecule is CN=C(Nc1ccc(F)cc1)SC. The first-order valence-corrected chi connectivity index (χ1v) is 5.02. The molecule has 0 radical (unpaired) electrons. The number of hydrogen-bond acceptors (Lipinski definition) is 2. The van der Waals surface area contributed by atoms with E-state index in [0.717, 1.165) is 10.9 Å². The van der Waals surface area contributed by atoms with E-state index in [1.54, 1.807) is 19.2 Å². The lowest BCUT2D eigenvalue weighted by Crippen LogP contribution is -2.06. The fourth-order valence-electron chi connectivity index (χ4n) is 0.855. The van der Waals surface area contributed by atoms with Crippen LogP contribution in [0.15, 0.2) is 29.3 Å². The highest BCUT2D eigenvalue weighted by atomic mass is 32.2. The maximum Gasteiger partial charge on any atom is 0.160 e. The van der Waals surface area contributed by atoms with Crippen molar-refractivity contribution >= 4 is 22.6 Å². The highest BCUT2D eigenvalue weighted by Crippen LogP contribution is 2.10. The van der Waals surface area contributed by atoms with Crippen molar-refractivity contribution in [3.63, 3.8) is 0 Å². The molecule has 0 aliphatic heterocycles. The van der Waals surface area contributed by atoms with E-state index in [2.05, 4.69) is 10.3 Å². The van der Waals surface area contributed by atoms with E-state index in [1.165, 1.54) is 23.9 Å². The van der Waals surface area contributed by atoms with E-state index in [1.807, 2.05) is 6.26 Å². The van der Waals surface area contributed by atoms with Crippen molar-refractivity contribution in [3.05, 3.63) is 30.1 Å². The number of hydrogen-bond donors (Lipinski definition) is 1. The van der Waals surface area contributed by atoms with Crippen LogP contribution in [-0.4, -0.2) is 18.5 Å². The fourth-order valence-corrected chi connectivity index (χ4v) is 1.26. The zero-order valence-corrected chi connectivity index (χ0v) is 8.36. The molecular formula is C9H11FN2S. The average molecular weight is 198 g/mol. The number of rotatable bonds is 1. The molecule has 0 atom stereocenters. The molecule has 0 spiro atoms. The molecule has 0 unspecified atom stereocenters. The molecule has 2 nitrogen and oxygen atoms in total. The molecule has 0 saturated heterocycles. The Bertz CT molecular complexity index is 295. The summed E-state index contributed by atoms with van der Waals surface area (Å²) in [5.74, 6) is -0.232. The van der Waals surface area contributed by atoms with Crippen LogP contribution in [0.1, 0.15) is 0 Å². The Kier molecular flexibility index (Phi) is 3.76. The molecule has 1 aromatic carbocycles. The molecule has 0 aliphatic carbocycles. The van der Waals surface area contributed by atoms with Crippen LogP contribution in [0, 0.1) is 5.82 Å². The second-order valence-corrected chi connectivity index (χ2v) is 3.16. The largest absolute Gasteiger partial charge is 0.335 e. The molecular weight excluding hydrogens is 187 g/mol. The highest BCUT2D eigenvalue weighted by molar-refractivity contribution is 8.13. The molecule has 70 valence electrons. The minimum absolute atomic E-state index is 0.232. The van der Waals surface area contributed by atoms with E-state index in [9.17, 15) is 4.39 Å². The Hall–Kier alpha value is -1.03. The smallest absolute Gasteiger partial charge is 0.160 e. The lowest BCUT2D eigenvalue weighted by atomic mass is 10.3. The minimum atomic E-state index is -0.232. The van der Waals surface area contributed by atoms with Crippen LogP contribution in [0.2, 0.25) is 0 Å². The Labute approximate surface area is 81.3 Å². The van der Waals surface area contributed by atoms with Crippen LogP contribution in [-0.2, 0) is 0 Å². The van der Waals surface area contributed by atoms with Gasteiger partial charge in [0, 0.05) is 12.7 Å². The van der Waals surface area contributed by atoms with Gasteiger partial charge in [-0.15, -0.1) is 0 Å². The third-order valence-corrected chi connectivity index (χ3v) is 2.16. The lowest BCUT2D eigenvalue weighted by Gasteiger charge is -2.05. The van der Waals surface area contributed by atoms with Crippen LogP contribution >= 0.6 is 11.8 Å². The van der Waals surface area contributed by atoms with Crippen molar-refractivity contribution in [3.8, 4) is 0 Å². The molecule has 0 aromatic heterocycles. The van der Waals surface area contributed by atoms with Gasteiger partial charge in [0.1, 0.15) is 5.82 Å². The summed E-state index contributed by atoms with van der Waals surface area (Å²) in [5.41, 5.74) is 0.844. The molecule has 0 amide bonds. The van der Waals surface area contributed by atoms with Gasteiger partial charge in [0.05, 0.1) is 0 Å². The van der Waals surface area contributed by atoms with Gasteiger partial charge >= 0.3 is 0 Å². The first-order chi connectivity index (χ1) is 6.26. The number of thioether (sulfide) groups is 1. The molecule has 0 aliphatic rings. The zero-order chi connectivity index (χ0) is 9.68. The van der Waals surface area contributed by atoms with E-state index in [0.29, 0.717) is 0 Å². The predicted molar refractivity (Wildman–Crippen MR) is 56.9 cm³/mol. The monoisotopic (exact) mass is 198 g/mol. The summed E-state index contributed by atoms with van der Waals surface area (Å²) in [6.07, 6.45) is 1.93. The van der Waals surface area contributed by atoms with Gasteiger partial charge < -0.3 is 5.32 Å². The summed E-state index contributed by atoms with van der Waals surface area (Å²) < 4.78 is 12.5. The van der Waals surface area contributed by atoms with E-state index in [4.69, 9.17) is 0 Å². The quantitative estimate of drug-likeness (QED) is 0.554. The topological polar surface area (TPSA) is 24.4 Å². The summed E-state index contributed by atoms with van der Waals surface area (Å²) >= 11 is 1.51. The number of benzene rings is 1. The number of aliphatic imine (C=N–C) groups is 1. The Morgan fingerprint density at radius 1 is 1.38 bits per heavy atom. The summed E-state index contributed by atoms with van der Waals surface area (Å²) in [5, 5.41) is 3.86. The maximum absolute atomic E-state index is 12.5. The number of amidine groups is 1. The first kappa shape index (κ1) is 10.1. The number of halogens is 1. The van der Waals surface area contributed by atoms with Crippen molar-refractivity contribution in [1.29, 1.82) is 0 Å². The van der Waals surface area contributed by atoms with Crippen LogP contribution in [0.25, 0.3) is 0 Å². The molecule has 1 rings (SSSR count). The van der Waals surface area contributed by atoms with Gasteiger partial charge in [-0.3, -0.25) is 4.99 Å². The van der Waals surface area contributed by atoms with Crippen LogP contribution in [0.5, 0.6) is 0 Å². The van der Waals surface area contributed by atoms with Crippen LogP contribution in [0.3, 0.4) is 0 Å². The molecule has 4 heteroatoms. The predicted octanol–water partition coefficient (Wildman–Crippen LogP) is 2.59. The van der Waals surface area contributed by atoms with Crippen molar-refractivity contribution in [2.75, 3.05) is 18.6 Å². The van der Waals surface area contributed by atoms with Gasteiger partial charge in [-0.05, 0) is 30.5 Å². The molecule has 0 heterocycles. The van der Waals surface area contributed by atoms with E-state index in [-0.39, 0.29) is 5.82 Å². The molecule has 0 bridgehead atoms. The van der Waals surface area contributed by atoms with Crippen LogP contribution < -0.4 is 5.32 Å². The fraction of sp³-hybridized carbons (Fsp3) is 0.222. The second-order valence-electron chi connectivity index (χ2n) is 2.36. The highest BCUT2D eigenvalue weighted by Gasteiger charge is 1.96. The van der Waals surface area contributed by atoms with Crippen molar-refractivity contribution in [2.24, 2.45) is 4.99 Å². The number of anilines is 1. The lowest BCUT2D eigenvalue weighted by molar-refractivity contribution is 0.628. The molecule has 13 heavy (non-hydrogen) atoms. The Morgan fingerprint density at radius 2 is 2.00 bits per heavy atom. The Balaban J connectivity index is 2.69. The van der Waals surface area contributed by atoms with Crippen LogP contribution in [0.4, 0.5) is 10.1 Å². The van der Waals surface area contributed by atoms with Gasteiger partial charge in [-0.2, -0.15) is 0 Å². The van der Waals surface area contributed by atoms with Gasteiger partial charge in [0.2, 0.25) is 0 Å². The van der Waals surface area contributed by atoms with Gasteiger partial charge in [0.15, 0.2) is 5.17 Å². The van der Waals surface area contributed by atoms with E-state index >= 15 is 0 Å². The third-order valence-electron chi connectivity index (χ3n) is 1.49.